The zero-order valence-corrected chi connectivity index (χ0v) is 16.1. The molecule has 0 aromatic rings. The average molecular weight is 327 g/mol. The SMILES string of the molecule is CCCCCCCC/C=C\CC(CCCCCC)OCC(C)O. The van der Waals surface area contributed by atoms with Gasteiger partial charge in [0.05, 0.1) is 18.8 Å². The first-order chi connectivity index (χ1) is 11.2. The van der Waals surface area contributed by atoms with Crippen LogP contribution in [0.15, 0.2) is 12.2 Å². The topological polar surface area (TPSA) is 29.5 Å². The first-order valence-electron chi connectivity index (χ1n) is 10.1. The molecule has 23 heavy (non-hydrogen) atoms. The molecule has 0 fully saturated rings. The third-order valence-corrected chi connectivity index (χ3v) is 4.24. The van der Waals surface area contributed by atoms with Gasteiger partial charge in [-0.25, -0.2) is 0 Å². The molecule has 0 aromatic carbocycles. The molecule has 1 N–H and O–H groups in total. The van der Waals surface area contributed by atoms with Crippen LogP contribution in [0.5, 0.6) is 0 Å². The summed E-state index contributed by atoms with van der Waals surface area (Å²) in [5.41, 5.74) is 0. The molecule has 0 saturated heterocycles. The van der Waals surface area contributed by atoms with E-state index in [9.17, 15) is 5.11 Å². The summed E-state index contributed by atoms with van der Waals surface area (Å²) in [5.74, 6) is 0. The van der Waals surface area contributed by atoms with Crippen LogP contribution in [0, 0.1) is 0 Å². The van der Waals surface area contributed by atoms with E-state index in [1.807, 2.05) is 0 Å². The van der Waals surface area contributed by atoms with Gasteiger partial charge in [-0.05, 0) is 32.6 Å². The summed E-state index contributed by atoms with van der Waals surface area (Å²) < 4.78 is 5.85. The highest BCUT2D eigenvalue weighted by Crippen LogP contribution is 2.13. The fourth-order valence-electron chi connectivity index (χ4n) is 2.75. The van der Waals surface area contributed by atoms with Crippen molar-refractivity contribution < 1.29 is 9.84 Å². The fraction of sp³-hybridized carbons (Fsp3) is 0.905. The molecule has 2 unspecified atom stereocenters. The predicted molar refractivity (Wildman–Crippen MR) is 102 cm³/mol. The summed E-state index contributed by atoms with van der Waals surface area (Å²) in [6.45, 7) is 6.76. The van der Waals surface area contributed by atoms with E-state index in [0.717, 1.165) is 12.8 Å². The number of hydrogen-bond donors (Lipinski definition) is 1. The van der Waals surface area contributed by atoms with Crippen molar-refractivity contribution in [2.45, 2.75) is 116 Å². The molecule has 0 spiro atoms. The van der Waals surface area contributed by atoms with Gasteiger partial charge in [0, 0.05) is 0 Å². The van der Waals surface area contributed by atoms with Crippen molar-refractivity contribution in [2.24, 2.45) is 0 Å². The van der Waals surface area contributed by atoms with E-state index >= 15 is 0 Å². The Morgan fingerprint density at radius 2 is 1.43 bits per heavy atom. The maximum Gasteiger partial charge on any atom is 0.0745 e. The van der Waals surface area contributed by atoms with Gasteiger partial charge in [0.2, 0.25) is 0 Å². The molecule has 0 rings (SSSR count). The van der Waals surface area contributed by atoms with E-state index in [-0.39, 0.29) is 12.2 Å². The molecule has 0 aromatic heterocycles. The lowest BCUT2D eigenvalue weighted by Gasteiger charge is -2.17. The Balaban J connectivity index is 3.76. The van der Waals surface area contributed by atoms with E-state index in [1.54, 1.807) is 6.92 Å². The van der Waals surface area contributed by atoms with Crippen molar-refractivity contribution in [3.8, 4) is 0 Å². The number of aliphatic hydroxyl groups excluding tert-OH is 1. The van der Waals surface area contributed by atoms with E-state index in [2.05, 4.69) is 26.0 Å². The van der Waals surface area contributed by atoms with Crippen LogP contribution in [-0.4, -0.2) is 23.9 Å². The maximum atomic E-state index is 9.40. The van der Waals surface area contributed by atoms with Gasteiger partial charge in [-0.2, -0.15) is 0 Å². The summed E-state index contributed by atoms with van der Waals surface area (Å²) >= 11 is 0. The Bertz CT molecular complexity index is 248. The van der Waals surface area contributed by atoms with Crippen molar-refractivity contribution in [1.29, 1.82) is 0 Å². The van der Waals surface area contributed by atoms with Crippen molar-refractivity contribution in [1.82, 2.24) is 0 Å². The van der Waals surface area contributed by atoms with Crippen LogP contribution in [0.3, 0.4) is 0 Å². The number of ether oxygens (including phenoxy) is 1. The minimum atomic E-state index is -0.361. The summed E-state index contributed by atoms with van der Waals surface area (Å²) in [6.07, 6.45) is 21.2. The zero-order valence-electron chi connectivity index (χ0n) is 16.1. The predicted octanol–water partition coefficient (Wildman–Crippen LogP) is 6.42. The van der Waals surface area contributed by atoms with Crippen molar-refractivity contribution in [3.63, 3.8) is 0 Å². The van der Waals surface area contributed by atoms with Crippen molar-refractivity contribution in [3.05, 3.63) is 12.2 Å². The van der Waals surface area contributed by atoms with E-state index in [0.29, 0.717) is 6.61 Å². The summed E-state index contributed by atoms with van der Waals surface area (Å²) in [4.78, 5) is 0. The number of unbranched alkanes of at least 4 members (excludes halogenated alkanes) is 9. The molecule has 0 bridgehead atoms. The molecular weight excluding hydrogens is 284 g/mol. The second kappa shape index (κ2) is 18.0. The third kappa shape index (κ3) is 17.8. The highest BCUT2D eigenvalue weighted by atomic mass is 16.5. The number of allylic oxidation sites excluding steroid dienone is 1. The molecular formula is C21H42O2. The van der Waals surface area contributed by atoms with Crippen LogP contribution in [0.4, 0.5) is 0 Å². The summed E-state index contributed by atoms with van der Waals surface area (Å²) in [5, 5.41) is 9.40. The van der Waals surface area contributed by atoms with Crippen LogP contribution >= 0.6 is 0 Å². The van der Waals surface area contributed by atoms with Gasteiger partial charge in [-0.1, -0.05) is 83.8 Å². The van der Waals surface area contributed by atoms with Gasteiger partial charge in [0.15, 0.2) is 0 Å². The van der Waals surface area contributed by atoms with Gasteiger partial charge >= 0.3 is 0 Å². The lowest BCUT2D eigenvalue weighted by molar-refractivity contribution is -0.00577. The molecule has 2 nitrogen and oxygen atoms in total. The molecule has 0 heterocycles. The number of aliphatic hydroxyl groups is 1. The molecule has 0 radical (unpaired) electrons. The Morgan fingerprint density at radius 3 is 2.09 bits per heavy atom. The van der Waals surface area contributed by atoms with Gasteiger partial charge in [-0.15, -0.1) is 0 Å². The molecule has 0 amide bonds. The lowest BCUT2D eigenvalue weighted by atomic mass is 10.1. The number of rotatable bonds is 17. The zero-order chi connectivity index (χ0) is 17.2. The highest BCUT2D eigenvalue weighted by Gasteiger charge is 2.08. The molecule has 2 atom stereocenters. The molecule has 138 valence electrons. The van der Waals surface area contributed by atoms with E-state index in [4.69, 9.17) is 4.74 Å². The van der Waals surface area contributed by atoms with E-state index < -0.39 is 0 Å². The summed E-state index contributed by atoms with van der Waals surface area (Å²) in [6, 6.07) is 0. The van der Waals surface area contributed by atoms with Crippen molar-refractivity contribution >= 4 is 0 Å². The minimum Gasteiger partial charge on any atom is -0.391 e. The molecule has 2 heteroatoms. The van der Waals surface area contributed by atoms with Crippen LogP contribution in [-0.2, 0) is 4.74 Å². The van der Waals surface area contributed by atoms with Crippen molar-refractivity contribution in [2.75, 3.05) is 6.61 Å². The summed E-state index contributed by atoms with van der Waals surface area (Å²) in [7, 11) is 0. The first kappa shape index (κ1) is 22.7. The Hall–Kier alpha value is -0.340. The minimum absolute atomic E-state index is 0.280. The first-order valence-corrected chi connectivity index (χ1v) is 10.1. The molecule has 0 saturated carbocycles. The van der Waals surface area contributed by atoms with E-state index in [1.165, 1.54) is 70.6 Å². The Labute approximate surface area is 145 Å². The average Bonchev–Trinajstić information content (AvgIpc) is 2.54. The maximum absolute atomic E-state index is 9.40. The number of hydrogen-bond acceptors (Lipinski definition) is 2. The van der Waals surface area contributed by atoms with Gasteiger partial charge in [0.1, 0.15) is 0 Å². The van der Waals surface area contributed by atoms with Crippen LogP contribution in [0.25, 0.3) is 0 Å². The van der Waals surface area contributed by atoms with Crippen LogP contribution in [0.1, 0.15) is 104 Å². The molecule has 0 aliphatic rings. The Morgan fingerprint density at radius 1 is 0.826 bits per heavy atom. The quantitative estimate of drug-likeness (QED) is 0.247. The monoisotopic (exact) mass is 326 g/mol. The fourth-order valence-corrected chi connectivity index (χ4v) is 2.75. The third-order valence-electron chi connectivity index (χ3n) is 4.24. The second-order valence-corrected chi connectivity index (χ2v) is 6.92. The van der Waals surface area contributed by atoms with Crippen LogP contribution < -0.4 is 0 Å². The van der Waals surface area contributed by atoms with Gasteiger partial charge in [-0.3, -0.25) is 0 Å². The van der Waals surface area contributed by atoms with Gasteiger partial charge in [0.25, 0.3) is 0 Å². The van der Waals surface area contributed by atoms with Gasteiger partial charge < -0.3 is 9.84 Å². The Kier molecular flexibility index (Phi) is 17.7. The lowest BCUT2D eigenvalue weighted by Crippen LogP contribution is -2.19. The normalized spacial score (nSPS) is 14.4. The highest BCUT2D eigenvalue weighted by molar-refractivity contribution is 4.84. The van der Waals surface area contributed by atoms with Crippen LogP contribution in [0.2, 0.25) is 0 Å². The standard InChI is InChI=1S/C21H42O2/c1-4-6-8-10-11-12-13-14-16-18-21(23-19-20(3)22)17-15-9-7-5-2/h14,16,20-22H,4-13,15,17-19H2,1-3H3/b16-14-. The smallest absolute Gasteiger partial charge is 0.0745 e. The largest absolute Gasteiger partial charge is 0.391 e. The second-order valence-electron chi connectivity index (χ2n) is 6.92. The molecule has 0 aliphatic heterocycles. The molecule has 0 aliphatic carbocycles.